The van der Waals surface area contributed by atoms with Crippen LogP contribution in [0, 0.1) is 5.82 Å². The van der Waals surface area contributed by atoms with Crippen molar-refractivity contribution < 1.29 is 4.39 Å². The summed E-state index contributed by atoms with van der Waals surface area (Å²) in [7, 11) is 0. The van der Waals surface area contributed by atoms with E-state index in [4.69, 9.17) is 0 Å². The van der Waals surface area contributed by atoms with Gasteiger partial charge in [-0.1, -0.05) is 12.1 Å². The predicted octanol–water partition coefficient (Wildman–Crippen LogP) is 3.30. The van der Waals surface area contributed by atoms with Gasteiger partial charge in [-0.15, -0.1) is 0 Å². The van der Waals surface area contributed by atoms with Crippen molar-refractivity contribution >= 4 is 15.9 Å². The van der Waals surface area contributed by atoms with E-state index in [0.717, 1.165) is 18.2 Å². The largest absolute Gasteiger partial charge is 0.310 e. The van der Waals surface area contributed by atoms with Crippen molar-refractivity contribution in [1.82, 2.24) is 10.2 Å². The fourth-order valence-electron chi connectivity index (χ4n) is 3.35. The second-order valence-electron chi connectivity index (χ2n) is 5.65. The van der Waals surface area contributed by atoms with Crippen LogP contribution in [0.2, 0.25) is 0 Å². The minimum atomic E-state index is -0.176. The van der Waals surface area contributed by atoms with E-state index in [0.29, 0.717) is 10.5 Å². The van der Waals surface area contributed by atoms with Crippen LogP contribution in [-0.2, 0) is 6.54 Å². The molecule has 1 aromatic carbocycles. The van der Waals surface area contributed by atoms with Crippen LogP contribution in [0.1, 0.15) is 31.2 Å². The normalized spacial score (nSPS) is 27.5. The molecule has 2 saturated heterocycles. The van der Waals surface area contributed by atoms with E-state index in [1.807, 2.05) is 6.07 Å². The zero-order valence-corrected chi connectivity index (χ0v) is 12.6. The molecule has 0 bridgehead atoms. The first-order valence-electron chi connectivity index (χ1n) is 7.14. The lowest BCUT2D eigenvalue weighted by Gasteiger charge is -2.35. The van der Waals surface area contributed by atoms with Crippen LogP contribution in [-0.4, -0.2) is 30.1 Å². The van der Waals surface area contributed by atoms with Gasteiger partial charge in [0.15, 0.2) is 0 Å². The number of nitrogens with zero attached hydrogens (tertiary/aromatic N) is 1. The Bertz CT molecular complexity index is 452. The molecule has 2 unspecified atom stereocenters. The summed E-state index contributed by atoms with van der Waals surface area (Å²) >= 11 is 3.33. The minimum absolute atomic E-state index is 0.176. The maximum atomic E-state index is 13.4. The lowest BCUT2D eigenvalue weighted by molar-refractivity contribution is 0.166. The standard InChI is InChI=1S/C15H20BrFN2/c16-15-11(3-1-5-14(15)17)10-18-12-6-8-19-7-2-4-13(19)9-12/h1,3,5,12-13,18H,2,4,6-10H2. The predicted molar refractivity (Wildman–Crippen MR) is 78.6 cm³/mol. The van der Waals surface area contributed by atoms with Crippen LogP contribution in [0.3, 0.4) is 0 Å². The SMILES string of the molecule is Fc1cccc(CNC2CCN3CCCC3C2)c1Br. The van der Waals surface area contributed by atoms with Gasteiger partial charge in [-0.2, -0.15) is 0 Å². The van der Waals surface area contributed by atoms with E-state index in [9.17, 15) is 4.39 Å². The summed E-state index contributed by atoms with van der Waals surface area (Å²) in [6, 6.07) is 6.60. The lowest BCUT2D eigenvalue weighted by Crippen LogP contribution is -2.45. The molecule has 4 heteroatoms. The fraction of sp³-hybridized carbons (Fsp3) is 0.600. The van der Waals surface area contributed by atoms with E-state index in [1.165, 1.54) is 44.8 Å². The Kier molecular flexibility index (Phi) is 4.20. The van der Waals surface area contributed by atoms with E-state index in [2.05, 4.69) is 26.1 Å². The average molecular weight is 327 g/mol. The van der Waals surface area contributed by atoms with Gasteiger partial charge < -0.3 is 10.2 Å². The molecule has 1 aromatic rings. The number of halogens is 2. The highest BCUT2D eigenvalue weighted by Crippen LogP contribution is 2.27. The molecule has 0 aromatic heterocycles. The molecule has 0 amide bonds. The highest BCUT2D eigenvalue weighted by Gasteiger charge is 2.31. The number of piperidine rings is 1. The molecule has 2 aliphatic heterocycles. The molecule has 0 radical (unpaired) electrons. The first kappa shape index (κ1) is 13.5. The third-order valence-electron chi connectivity index (χ3n) is 4.43. The molecule has 2 heterocycles. The molecular weight excluding hydrogens is 307 g/mol. The fourth-order valence-corrected chi connectivity index (χ4v) is 3.75. The summed E-state index contributed by atoms with van der Waals surface area (Å²) < 4.78 is 14.0. The van der Waals surface area contributed by atoms with Gasteiger partial charge in [0, 0.05) is 18.6 Å². The van der Waals surface area contributed by atoms with Crippen molar-refractivity contribution in [1.29, 1.82) is 0 Å². The zero-order valence-electron chi connectivity index (χ0n) is 11.0. The van der Waals surface area contributed by atoms with E-state index in [1.54, 1.807) is 6.07 Å². The summed E-state index contributed by atoms with van der Waals surface area (Å²) in [5, 5.41) is 3.60. The van der Waals surface area contributed by atoms with Crippen LogP contribution >= 0.6 is 15.9 Å². The van der Waals surface area contributed by atoms with Gasteiger partial charge in [-0.05, 0) is 66.3 Å². The highest BCUT2D eigenvalue weighted by molar-refractivity contribution is 9.10. The molecule has 0 spiro atoms. The topological polar surface area (TPSA) is 15.3 Å². The lowest BCUT2D eigenvalue weighted by atomic mass is 9.97. The summed E-state index contributed by atoms with van der Waals surface area (Å²) in [4.78, 5) is 2.62. The Morgan fingerprint density at radius 3 is 3.11 bits per heavy atom. The maximum absolute atomic E-state index is 13.4. The van der Waals surface area contributed by atoms with Crippen LogP contribution in [0.4, 0.5) is 4.39 Å². The van der Waals surface area contributed by atoms with Crippen molar-refractivity contribution in [2.45, 2.75) is 44.3 Å². The molecule has 2 fully saturated rings. The number of hydrogen-bond donors (Lipinski definition) is 1. The van der Waals surface area contributed by atoms with E-state index >= 15 is 0 Å². The van der Waals surface area contributed by atoms with Crippen LogP contribution < -0.4 is 5.32 Å². The zero-order chi connectivity index (χ0) is 13.2. The van der Waals surface area contributed by atoms with Gasteiger partial charge in [-0.3, -0.25) is 0 Å². The van der Waals surface area contributed by atoms with E-state index in [-0.39, 0.29) is 5.82 Å². The second kappa shape index (κ2) is 5.90. The smallest absolute Gasteiger partial charge is 0.137 e. The van der Waals surface area contributed by atoms with Gasteiger partial charge in [0.2, 0.25) is 0 Å². The van der Waals surface area contributed by atoms with Crippen LogP contribution in [0.15, 0.2) is 22.7 Å². The number of fused-ring (bicyclic) bond motifs is 1. The Balaban J connectivity index is 1.56. The second-order valence-corrected chi connectivity index (χ2v) is 6.44. The monoisotopic (exact) mass is 326 g/mol. The van der Waals surface area contributed by atoms with Gasteiger partial charge in [0.1, 0.15) is 5.82 Å². The summed E-state index contributed by atoms with van der Waals surface area (Å²) in [6.45, 7) is 3.25. The first-order chi connectivity index (χ1) is 9.24. The summed E-state index contributed by atoms with van der Waals surface area (Å²) in [6.07, 6.45) is 5.16. The average Bonchev–Trinajstić information content (AvgIpc) is 2.88. The number of benzene rings is 1. The molecule has 0 aliphatic carbocycles. The van der Waals surface area contributed by atoms with Crippen molar-refractivity contribution in [2.75, 3.05) is 13.1 Å². The van der Waals surface area contributed by atoms with Crippen molar-refractivity contribution in [3.8, 4) is 0 Å². The third kappa shape index (κ3) is 3.01. The molecule has 3 rings (SSSR count). The summed E-state index contributed by atoms with van der Waals surface area (Å²) in [5.74, 6) is -0.176. The van der Waals surface area contributed by atoms with Crippen LogP contribution in [0.25, 0.3) is 0 Å². The molecule has 1 N–H and O–H groups in total. The number of rotatable bonds is 3. The Morgan fingerprint density at radius 2 is 2.21 bits per heavy atom. The Hall–Kier alpha value is -0.450. The maximum Gasteiger partial charge on any atom is 0.137 e. The molecule has 104 valence electrons. The van der Waals surface area contributed by atoms with Crippen molar-refractivity contribution in [3.63, 3.8) is 0 Å². The van der Waals surface area contributed by atoms with Gasteiger partial charge in [-0.25, -0.2) is 4.39 Å². The molecular formula is C15H20BrFN2. The molecule has 19 heavy (non-hydrogen) atoms. The van der Waals surface area contributed by atoms with Gasteiger partial charge >= 0.3 is 0 Å². The van der Waals surface area contributed by atoms with Crippen LogP contribution in [0.5, 0.6) is 0 Å². The third-order valence-corrected chi connectivity index (χ3v) is 5.32. The van der Waals surface area contributed by atoms with Gasteiger partial charge in [0.25, 0.3) is 0 Å². The Labute approximate surface area is 122 Å². The van der Waals surface area contributed by atoms with Gasteiger partial charge in [0.05, 0.1) is 4.47 Å². The quantitative estimate of drug-likeness (QED) is 0.916. The molecule has 2 nitrogen and oxygen atoms in total. The molecule has 0 saturated carbocycles. The number of hydrogen-bond acceptors (Lipinski definition) is 2. The molecule has 2 aliphatic rings. The number of nitrogens with one attached hydrogen (secondary N) is 1. The molecule has 2 atom stereocenters. The first-order valence-corrected chi connectivity index (χ1v) is 7.93. The minimum Gasteiger partial charge on any atom is -0.310 e. The highest BCUT2D eigenvalue weighted by atomic mass is 79.9. The van der Waals surface area contributed by atoms with Crippen molar-refractivity contribution in [3.05, 3.63) is 34.1 Å². The van der Waals surface area contributed by atoms with E-state index < -0.39 is 0 Å². The van der Waals surface area contributed by atoms with Crippen molar-refractivity contribution in [2.24, 2.45) is 0 Å². The Morgan fingerprint density at radius 1 is 1.32 bits per heavy atom. The summed E-state index contributed by atoms with van der Waals surface area (Å²) in [5.41, 5.74) is 1.01.